The van der Waals surface area contributed by atoms with Crippen LogP contribution in [0.1, 0.15) is 16.8 Å². The first kappa shape index (κ1) is 10.7. The van der Waals surface area contributed by atoms with Crippen molar-refractivity contribution in [1.29, 1.82) is 0 Å². The number of carbonyl (C=O) groups is 1. The van der Waals surface area contributed by atoms with Crippen LogP contribution < -0.4 is 0 Å². The molecular weight excluding hydrogens is 279 g/mol. The summed E-state index contributed by atoms with van der Waals surface area (Å²) in [5.41, 5.74) is 0.471. The number of allylic oxidation sites excluding steroid dienone is 1. The second-order valence-corrected chi connectivity index (χ2v) is 4.37. The van der Waals surface area contributed by atoms with Crippen molar-refractivity contribution < 1.29 is 9.53 Å². The van der Waals surface area contributed by atoms with Gasteiger partial charge in [0.1, 0.15) is 0 Å². The molecule has 1 aliphatic rings. The van der Waals surface area contributed by atoms with E-state index in [4.69, 9.17) is 16.3 Å². The van der Waals surface area contributed by atoms with E-state index in [0.717, 1.165) is 6.42 Å². The SMILES string of the molecule is O=C(C1=CCCO1)c1cccc(Br)c1Cl. The van der Waals surface area contributed by atoms with Gasteiger partial charge < -0.3 is 4.74 Å². The van der Waals surface area contributed by atoms with E-state index in [1.165, 1.54) is 0 Å². The Morgan fingerprint density at radius 2 is 2.27 bits per heavy atom. The molecule has 0 unspecified atom stereocenters. The highest BCUT2D eigenvalue weighted by Crippen LogP contribution is 2.28. The van der Waals surface area contributed by atoms with Crippen LogP contribution in [0.2, 0.25) is 5.02 Å². The van der Waals surface area contributed by atoms with E-state index in [1.807, 2.05) is 0 Å². The van der Waals surface area contributed by atoms with Crippen molar-refractivity contribution in [3.05, 3.63) is 45.1 Å². The van der Waals surface area contributed by atoms with Gasteiger partial charge in [-0.3, -0.25) is 4.79 Å². The Kier molecular flexibility index (Phi) is 3.12. The number of hydrogen-bond donors (Lipinski definition) is 0. The fraction of sp³-hybridized carbons (Fsp3) is 0.182. The van der Waals surface area contributed by atoms with Crippen LogP contribution in [-0.2, 0) is 4.74 Å². The van der Waals surface area contributed by atoms with Crippen molar-refractivity contribution in [2.45, 2.75) is 6.42 Å². The summed E-state index contributed by atoms with van der Waals surface area (Å²) in [6, 6.07) is 5.26. The zero-order valence-electron chi connectivity index (χ0n) is 7.80. The molecule has 1 heterocycles. The monoisotopic (exact) mass is 286 g/mol. The van der Waals surface area contributed by atoms with E-state index in [1.54, 1.807) is 24.3 Å². The summed E-state index contributed by atoms with van der Waals surface area (Å²) in [7, 11) is 0. The molecule has 0 bridgehead atoms. The average Bonchev–Trinajstić information content (AvgIpc) is 2.74. The molecule has 1 aromatic carbocycles. The quantitative estimate of drug-likeness (QED) is 0.777. The van der Waals surface area contributed by atoms with E-state index >= 15 is 0 Å². The van der Waals surface area contributed by atoms with Crippen LogP contribution in [0.4, 0.5) is 0 Å². The van der Waals surface area contributed by atoms with Crippen molar-refractivity contribution in [1.82, 2.24) is 0 Å². The van der Waals surface area contributed by atoms with Gasteiger partial charge in [-0.05, 0) is 34.1 Å². The Bertz CT molecular complexity index is 440. The van der Waals surface area contributed by atoms with Gasteiger partial charge in [-0.2, -0.15) is 0 Å². The fourth-order valence-electron chi connectivity index (χ4n) is 1.39. The van der Waals surface area contributed by atoms with Crippen LogP contribution in [-0.4, -0.2) is 12.4 Å². The van der Waals surface area contributed by atoms with E-state index in [0.29, 0.717) is 27.4 Å². The normalized spacial score (nSPS) is 14.7. The molecule has 0 aliphatic carbocycles. The van der Waals surface area contributed by atoms with Gasteiger partial charge in [0.05, 0.1) is 11.6 Å². The summed E-state index contributed by atoms with van der Waals surface area (Å²) in [6.07, 6.45) is 2.58. The number of ketones is 1. The molecule has 0 saturated carbocycles. The molecule has 2 rings (SSSR count). The molecule has 4 heteroatoms. The third kappa shape index (κ3) is 2.08. The second-order valence-electron chi connectivity index (χ2n) is 3.14. The highest BCUT2D eigenvalue weighted by molar-refractivity contribution is 9.10. The molecule has 15 heavy (non-hydrogen) atoms. The van der Waals surface area contributed by atoms with E-state index in [-0.39, 0.29) is 5.78 Å². The van der Waals surface area contributed by atoms with Gasteiger partial charge in [-0.1, -0.05) is 17.7 Å². The highest BCUT2D eigenvalue weighted by Gasteiger charge is 2.20. The van der Waals surface area contributed by atoms with Crippen molar-refractivity contribution in [2.75, 3.05) is 6.61 Å². The zero-order chi connectivity index (χ0) is 10.8. The molecule has 1 aliphatic heterocycles. The predicted molar refractivity (Wildman–Crippen MR) is 62.1 cm³/mol. The summed E-state index contributed by atoms with van der Waals surface area (Å²) in [4.78, 5) is 11.9. The minimum absolute atomic E-state index is 0.154. The van der Waals surface area contributed by atoms with Crippen LogP contribution >= 0.6 is 27.5 Å². The maximum atomic E-state index is 11.9. The van der Waals surface area contributed by atoms with Crippen molar-refractivity contribution in [3.8, 4) is 0 Å². The van der Waals surface area contributed by atoms with E-state index < -0.39 is 0 Å². The molecule has 78 valence electrons. The highest BCUT2D eigenvalue weighted by atomic mass is 79.9. The van der Waals surface area contributed by atoms with E-state index in [9.17, 15) is 4.79 Å². The lowest BCUT2D eigenvalue weighted by Crippen LogP contribution is -2.04. The topological polar surface area (TPSA) is 26.3 Å². The molecule has 0 amide bonds. The van der Waals surface area contributed by atoms with E-state index in [2.05, 4.69) is 15.9 Å². The molecule has 0 atom stereocenters. The number of hydrogen-bond acceptors (Lipinski definition) is 2. The largest absolute Gasteiger partial charge is 0.489 e. The predicted octanol–water partition coefficient (Wildman–Crippen LogP) is 3.59. The van der Waals surface area contributed by atoms with Crippen LogP contribution in [0.25, 0.3) is 0 Å². The van der Waals surface area contributed by atoms with Crippen LogP contribution in [0.3, 0.4) is 0 Å². The summed E-state index contributed by atoms with van der Waals surface area (Å²) >= 11 is 9.29. The number of rotatable bonds is 2. The molecule has 0 fully saturated rings. The Labute approximate surface area is 101 Å². The summed E-state index contributed by atoms with van der Waals surface area (Å²) in [5, 5.41) is 0.430. The van der Waals surface area contributed by atoms with Crippen molar-refractivity contribution in [3.63, 3.8) is 0 Å². The molecule has 0 spiro atoms. The third-order valence-electron chi connectivity index (χ3n) is 2.13. The van der Waals surface area contributed by atoms with Gasteiger partial charge in [0.2, 0.25) is 5.78 Å². The second kappa shape index (κ2) is 4.37. The minimum Gasteiger partial charge on any atom is -0.489 e. The number of carbonyl (C=O) groups excluding carboxylic acids is 1. The smallest absolute Gasteiger partial charge is 0.228 e. The van der Waals surface area contributed by atoms with Crippen LogP contribution in [0.5, 0.6) is 0 Å². The Morgan fingerprint density at radius 1 is 1.47 bits per heavy atom. The lowest BCUT2D eigenvalue weighted by atomic mass is 10.1. The molecule has 0 aromatic heterocycles. The Hall–Kier alpha value is -0.800. The van der Waals surface area contributed by atoms with Crippen LogP contribution in [0, 0.1) is 0 Å². The average molecular weight is 288 g/mol. The van der Waals surface area contributed by atoms with Gasteiger partial charge in [0.25, 0.3) is 0 Å². The number of ether oxygens (including phenoxy) is 1. The minimum atomic E-state index is -0.154. The van der Waals surface area contributed by atoms with Gasteiger partial charge in [0.15, 0.2) is 5.76 Å². The number of benzene rings is 1. The summed E-state index contributed by atoms with van der Waals surface area (Å²) in [6.45, 7) is 0.576. The van der Waals surface area contributed by atoms with Gasteiger partial charge in [-0.15, -0.1) is 0 Å². The molecule has 0 N–H and O–H groups in total. The zero-order valence-corrected chi connectivity index (χ0v) is 10.1. The van der Waals surface area contributed by atoms with Crippen molar-refractivity contribution >= 4 is 33.3 Å². The maximum absolute atomic E-state index is 11.9. The maximum Gasteiger partial charge on any atom is 0.228 e. The third-order valence-corrected chi connectivity index (χ3v) is 3.42. The first-order valence-corrected chi connectivity index (χ1v) is 5.69. The van der Waals surface area contributed by atoms with Gasteiger partial charge in [-0.25, -0.2) is 0 Å². The number of Topliss-reactive ketones (excluding diaryl/α,β-unsaturated/α-hetero) is 1. The fourth-order valence-corrected chi connectivity index (χ4v) is 1.97. The molecule has 0 radical (unpaired) electrons. The van der Waals surface area contributed by atoms with Crippen molar-refractivity contribution in [2.24, 2.45) is 0 Å². The first-order chi connectivity index (χ1) is 7.20. The molecule has 2 nitrogen and oxygen atoms in total. The standard InChI is InChI=1S/C11H8BrClO2/c12-8-4-1-3-7(10(8)13)11(14)9-5-2-6-15-9/h1,3-5H,2,6H2. The van der Waals surface area contributed by atoms with Gasteiger partial charge in [0, 0.05) is 16.5 Å². The van der Waals surface area contributed by atoms with Crippen LogP contribution in [0.15, 0.2) is 34.5 Å². The summed E-state index contributed by atoms with van der Waals surface area (Å²) in [5.74, 6) is 0.244. The Morgan fingerprint density at radius 3 is 2.93 bits per heavy atom. The molecular formula is C11H8BrClO2. The number of halogens is 2. The molecule has 1 aromatic rings. The lowest BCUT2D eigenvalue weighted by molar-refractivity contribution is 0.0942. The lowest BCUT2D eigenvalue weighted by Gasteiger charge is -2.05. The summed E-state index contributed by atoms with van der Waals surface area (Å²) < 4.78 is 5.92. The Balaban J connectivity index is 2.37. The molecule has 0 saturated heterocycles. The first-order valence-electron chi connectivity index (χ1n) is 4.52. The van der Waals surface area contributed by atoms with Gasteiger partial charge >= 0.3 is 0 Å².